The highest BCUT2D eigenvalue weighted by Gasteiger charge is 2.35. The molecule has 1 fully saturated rings. The predicted octanol–water partition coefficient (Wildman–Crippen LogP) is 4.20. The fourth-order valence-electron chi connectivity index (χ4n) is 3.27. The number of ether oxygens (including phenoxy) is 1. The second-order valence-electron chi connectivity index (χ2n) is 7.02. The van der Waals surface area contributed by atoms with Crippen LogP contribution in [0.3, 0.4) is 0 Å². The highest BCUT2D eigenvalue weighted by Crippen LogP contribution is 2.28. The largest absolute Gasteiger partial charge is 0.497 e. The average Bonchev–Trinajstić information content (AvgIpc) is 3.10. The van der Waals surface area contributed by atoms with E-state index in [1.165, 1.54) is 5.56 Å². The minimum absolute atomic E-state index is 0.0128. The van der Waals surface area contributed by atoms with E-state index in [1.807, 2.05) is 12.1 Å². The van der Waals surface area contributed by atoms with Crippen LogP contribution in [0.1, 0.15) is 38.2 Å². The molecule has 0 radical (unpaired) electrons. The van der Waals surface area contributed by atoms with E-state index < -0.39 is 0 Å². The van der Waals surface area contributed by atoms with Crippen LogP contribution in [0.2, 0.25) is 0 Å². The molecule has 2 amide bonds. The van der Waals surface area contributed by atoms with Gasteiger partial charge in [0.15, 0.2) is 0 Å². The molecule has 5 heteroatoms. The van der Waals surface area contributed by atoms with Gasteiger partial charge in [-0.3, -0.25) is 9.59 Å². The van der Waals surface area contributed by atoms with E-state index in [0.29, 0.717) is 18.2 Å². The molecule has 3 rings (SSSR count). The van der Waals surface area contributed by atoms with Crippen molar-refractivity contribution in [3.8, 4) is 5.75 Å². The Bertz CT molecular complexity index is 799. The first kappa shape index (κ1) is 19.0. The van der Waals surface area contributed by atoms with Crippen LogP contribution in [0.25, 0.3) is 0 Å². The topological polar surface area (TPSA) is 58.6 Å². The Morgan fingerprint density at radius 3 is 2.44 bits per heavy atom. The first-order valence-electron chi connectivity index (χ1n) is 9.37. The molecule has 27 heavy (non-hydrogen) atoms. The molecule has 1 aliphatic rings. The molecular weight excluding hydrogens is 340 g/mol. The Balaban J connectivity index is 1.64. The highest BCUT2D eigenvalue weighted by atomic mass is 16.5. The molecular formula is C22H26N2O3. The van der Waals surface area contributed by atoms with Crippen LogP contribution in [0, 0.1) is 5.92 Å². The number of carbonyl (C=O) groups is 2. The SMILES string of the molecule is CC[C@H](C)c1ccc(N2C[C@H](C(=O)Nc3ccc(OC)cc3)CC2=O)cc1. The van der Waals surface area contributed by atoms with Gasteiger partial charge in [-0.25, -0.2) is 0 Å². The number of anilines is 2. The van der Waals surface area contributed by atoms with Crippen LogP contribution < -0.4 is 15.0 Å². The van der Waals surface area contributed by atoms with Crippen molar-refractivity contribution in [1.82, 2.24) is 0 Å². The lowest BCUT2D eigenvalue weighted by atomic mass is 9.98. The fourth-order valence-corrected chi connectivity index (χ4v) is 3.27. The summed E-state index contributed by atoms with van der Waals surface area (Å²) in [5.74, 6) is 0.731. The van der Waals surface area contributed by atoms with E-state index in [-0.39, 0.29) is 24.2 Å². The Labute approximate surface area is 160 Å². The summed E-state index contributed by atoms with van der Waals surface area (Å²) in [6.07, 6.45) is 1.31. The standard InChI is InChI=1S/C22H26N2O3/c1-4-15(2)16-5-9-19(10-6-16)24-14-17(13-21(24)25)22(26)23-18-7-11-20(27-3)12-8-18/h5-12,15,17H,4,13-14H2,1-3H3,(H,23,26)/t15-,17+/m0/s1. The minimum atomic E-state index is -0.353. The van der Waals surface area contributed by atoms with Gasteiger partial charge in [0.2, 0.25) is 11.8 Å². The van der Waals surface area contributed by atoms with Gasteiger partial charge in [-0.05, 0) is 54.3 Å². The number of methoxy groups -OCH3 is 1. The Morgan fingerprint density at radius 2 is 1.85 bits per heavy atom. The van der Waals surface area contributed by atoms with E-state index in [4.69, 9.17) is 4.74 Å². The number of rotatable bonds is 6. The van der Waals surface area contributed by atoms with E-state index in [9.17, 15) is 9.59 Å². The van der Waals surface area contributed by atoms with Crippen LogP contribution in [-0.2, 0) is 9.59 Å². The summed E-state index contributed by atoms with van der Waals surface area (Å²) < 4.78 is 5.12. The van der Waals surface area contributed by atoms with Gasteiger partial charge >= 0.3 is 0 Å². The van der Waals surface area contributed by atoms with Crippen molar-refractivity contribution in [2.75, 3.05) is 23.9 Å². The molecule has 1 saturated heterocycles. The summed E-state index contributed by atoms with van der Waals surface area (Å²) >= 11 is 0. The zero-order valence-electron chi connectivity index (χ0n) is 16.1. The molecule has 5 nitrogen and oxygen atoms in total. The number of hydrogen-bond acceptors (Lipinski definition) is 3. The summed E-state index contributed by atoms with van der Waals surface area (Å²) in [6.45, 7) is 4.76. The number of hydrogen-bond donors (Lipinski definition) is 1. The van der Waals surface area contributed by atoms with E-state index in [0.717, 1.165) is 17.9 Å². The zero-order chi connectivity index (χ0) is 19.4. The Kier molecular flexibility index (Phi) is 5.79. The molecule has 0 aliphatic carbocycles. The zero-order valence-corrected chi connectivity index (χ0v) is 16.1. The van der Waals surface area contributed by atoms with Gasteiger partial charge in [0.05, 0.1) is 13.0 Å². The molecule has 0 bridgehead atoms. The van der Waals surface area contributed by atoms with E-state index in [1.54, 1.807) is 36.3 Å². The fraction of sp³-hybridized carbons (Fsp3) is 0.364. The van der Waals surface area contributed by atoms with Crippen LogP contribution in [0.4, 0.5) is 11.4 Å². The molecule has 2 aromatic carbocycles. The molecule has 1 N–H and O–H groups in total. The van der Waals surface area contributed by atoms with Crippen molar-refractivity contribution in [3.63, 3.8) is 0 Å². The van der Waals surface area contributed by atoms with Crippen LogP contribution in [-0.4, -0.2) is 25.5 Å². The third kappa shape index (κ3) is 4.30. The van der Waals surface area contributed by atoms with Crippen molar-refractivity contribution in [1.29, 1.82) is 0 Å². The molecule has 1 heterocycles. The number of nitrogens with one attached hydrogen (secondary N) is 1. The van der Waals surface area contributed by atoms with Gasteiger partial charge in [-0.2, -0.15) is 0 Å². The van der Waals surface area contributed by atoms with Crippen molar-refractivity contribution in [2.45, 2.75) is 32.6 Å². The lowest BCUT2D eigenvalue weighted by Gasteiger charge is -2.18. The molecule has 0 saturated carbocycles. The number of carbonyl (C=O) groups excluding carboxylic acids is 2. The Hall–Kier alpha value is -2.82. The van der Waals surface area contributed by atoms with Crippen molar-refractivity contribution in [2.24, 2.45) is 5.92 Å². The van der Waals surface area contributed by atoms with Gasteiger partial charge in [0.25, 0.3) is 0 Å². The predicted molar refractivity (Wildman–Crippen MR) is 107 cm³/mol. The maximum Gasteiger partial charge on any atom is 0.229 e. The van der Waals surface area contributed by atoms with E-state index >= 15 is 0 Å². The lowest BCUT2D eigenvalue weighted by molar-refractivity contribution is -0.122. The summed E-state index contributed by atoms with van der Waals surface area (Å²) in [6, 6.07) is 15.3. The van der Waals surface area contributed by atoms with E-state index in [2.05, 4.69) is 31.3 Å². The van der Waals surface area contributed by atoms with Gasteiger partial charge < -0.3 is 15.0 Å². The Morgan fingerprint density at radius 1 is 1.19 bits per heavy atom. The van der Waals surface area contributed by atoms with Crippen molar-refractivity contribution >= 4 is 23.2 Å². The second-order valence-corrected chi connectivity index (χ2v) is 7.02. The summed E-state index contributed by atoms with van der Waals surface area (Å²) in [5, 5.41) is 2.89. The lowest BCUT2D eigenvalue weighted by Crippen LogP contribution is -2.28. The maximum absolute atomic E-state index is 12.6. The number of benzene rings is 2. The van der Waals surface area contributed by atoms with Crippen LogP contribution >= 0.6 is 0 Å². The normalized spacial score (nSPS) is 17.7. The number of nitrogens with zero attached hydrogens (tertiary/aromatic N) is 1. The summed E-state index contributed by atoms with van der Waals surface area (Å²) in [7, 11) is 1.60. The van der Waals surface area contributed by atoms with Gasteiger partial charge in [-0.15, -0.1) is 0 Å². The molecule has 1 aliphatic heterocycles. The van der Waals surface area contributed by atoms with Gasteiger partial charge in [-0.1, -0.05) is 26.0 Å². The molecule has 0 aromatic heterocycles. The molecule has 142 valence electrons. The first-order valence-corrected chi connectivity index (χ1v) is 9.37. The molecule has 0 unspecified atom stereocenters. The minimum Gasteiger partial charge on any atom is -0.497 e. The third-order valence-electron chi connectivity index (χ3n) is 5.24. The smallest absolute Gasteiger partial charge is 0.229 e. The van der Waals surface area contributed by atoms with Gasteiger partial charge in [0, 0.05) is 24.3 Å². The maximum atomic E-state index is 12.6. The first-order chi connectivity index (χ1) is 13.0. The average molecular weight is 366 g/mol. The summed E-state index contributed by atoms with van der Waals surface area (Å²) in [4.78, 5) is 26.7. The molecule has 2 atom stereocenters. The highest BCUT2D eigenvalue weighted by molar-refractivity contribution is 6.03. The van der Waals surface area contributed by atoms with Gasteiger partial charge in [0.1, 0.15) is 5.75 Å². The monoisotopic (exact) mass is 366 g/mol. The van der Waals surface area contributed by atoms with Crippen molar-refractivity contribution in [3.05, 3.63) is 54.1 Å². The molecule has 0 spiro atoms. The number of amides is 2. The third-order valence-corrected chi connectivity index (χ3v) is 5.24. The molecule has 2 aromatic rings. The quantitative estimate of drug-likeness (QED) is 0.833. The van der Waals surface area contributed by atoms with Crippen molar-refractivity contribution < 1.29 is 14.3 Å². The summed E-state index contributed by atoms with van der Waals surface area (Å²) in [5.41, 5.74) is 2.82. The second kappa shape index (κ2) is 8.25. The van der Waals surface area contributed by atoms with Crippen LogP contribution in [0.15, 0.2) is 48.5 Å². The van der Waals surface area contributed by atoms with Crippen LogP contribution in [0.5, 0.6) is 5.75 Å².